The summed E-state index contributed by atoms with van der Waals surface area (Å²) < 4.78 is 2.37. The highest BCUT2D eigenvalue weighted by molar-refractivity contribution is 9.10. The van der Waals surface area contributed by atoms with Gasteiger partial charge in [-0.3, -0.25) is 14.7 Å². The van der Waals surface area contributed by atoms with Crippen molar-refractivity contribution >= 4 is 27.5 Å². The maximum atomic E-state index is 12.9. The molecule has 0 saturated heterocycles. The second kappa shape index (κ2) is 6.37. The van der Waals surface area contributed by atoms with Crippen LogP contribution in [0.1, 0.15) is 17.1 Å². The van der Waals surface area contributed by atoms with Gasteiger partial charge < -0.3 is 4.90 Å². The predicted octanol–water partition coefficient (Wildman–Crippen LogP) is 1.05. The Morgan fingerprint density at radius 3 is 2.93 bits per heavy atom. The average molecular weight is 441 g/mol. The minimum Gasteiger partial charge on any atom is -0.332 e. The van der Waals surface area contributed by atoms with E-state index in [4.69, 9.17) is 0 Å². The molecule has 0 radical (unpaired) electrons. The van der Waals surface area contributed by atoms with E-state index in [0.29, 0.717) is 22.7 Å². The fourth-order valence-corrected chi connectivity index (χ4v) is 3.71. The highest BCUT2D eigenvalue weighted by Crippen LogP contribution is 2.24. The highest BCUT2D eigenvalue weighted by Gasteiger charge is 2.29. The first-order chi connectivity index (χ1) is 13.6. The molecule has 1 aromatic carbocycles. The lowest BCUT2D eigenvalue weighted by molar-refractivity contribution is -0.131. The number of benzene rings is 1. The molecule has 0 aliphatic carbocycles. The average Bonchev–Trinajstić information content (AvgIpc) is 3.41. The van der Waals surface area contributed by atoms with Gasteiger partial charge in [-0.2, -0.15) is 5.21 Å². The molecule has 28 heavy (non-hydrogen) atoms. The van der Waals surface area contributed by atoms with Gasteiger partial charge in [0.2, 0.25) is 5.91 Å². The van der Waals surface area contributed by atoms with Crippen molar-refractivity contribution in [1.82, 2.24) is 40.1 Å². The van der Waals surface area contributed by atoms with Crippen molar-refractivity contribution in [2.45, 2.75) is 19.5 Å². The molecular formula is C17H13BrN8O2. The summed E-state index contributed by atoms with van der Waals surface area (Å²) in [6, 6.07) is 9.60. The molecule has 4 heterocycles. The van der Waals surface area contributed by atoms with E-state index >= 15 is 0 Å². The zero-order chi connectivity index (χ0) is 19.3. The lowest BCUT2D eigenvalue weighted by Crippen LogP contribution is -2.28. The highest BCUT2D eigenvalue weighted by atomic mass is 79.9. The Bertz CT molecular complexity index is 1260. The van der Waals surface area contributed by atoms with Crippen LogP contribution in [0.4, 0.5) is 0 Å². The number of amides is 1. The number of hydrogen-bond acceptors (Lipinski definition) is 6. The molecule has 0 atom stereocenters. The molecule has 1 aliphatic rings. The topological polar surface area (TPSA) is 125 Å². The number of tetrazole rings is 1. The van der Waals surface area contributed by atoms with Crippen molar-refractivity contribution in [1.29, 1.82) is 0 Å². The number of nitrogens with one attached hydrogen (secondary N) is 2. The van der Waals surface area contributed by atoms with Gasteiger partial charge in [0.25, 0.3) is 5.56 Å². The molecule has 140 valence electrons. The molecule has 1 amide bonds. The van der Waals surface area contributed by atoms with Crippen LogP contribution in [-0.4, -0.2) is 46.0 Å². The van der Waals surface area contributed by atoms with Gasteiger partial charge >= 0.3 is 0 Å². The Morgan fingerprint density at radius 2 is 2.14 bits per heavy atom. The number of aromatic amines is 2. The molecule has 1 aliphatic heterocycles. The zero-order valence-electron chi connectivity index (χ0n) is 14.4. The Hall–Kier alpha value is -3.34. The molecule has 0 spiro atoms. The van der Waals surface area contributed by atoms with Crippen LogP contribution in [0.2, 0.25) is 0 Å². The third-order valence-electron chi connectivity index (χ3n) is 4.67. The number of rotatable bonds is 3. The Labute approximate surface area is 165 Å². The van der Waals surface area contributed by atoms with E-state index in [-0.39, 0.29) is 31.0 Å². The van der Waals surface area contributed by atoms with Crippen molar-refractivity contribution in [3.05, 3.63) is 62.2 Å². The van der Waals surface area contributed by atoms with E-state index in [1.807, 2.05) is 30.3 Å². The third kappa shape index (κ3) is 2.80. The maximum Gasteiger partial charge on any atom is 0.278 e. The lowest BCUT2D eigenvalue weighted by Gasteiger charge is -2.13. The summed E-state index contributed by atoms with van der Waals surface area (Å²) in [5.41, 5.74) is 3.19. The fraction of sp³-hybridized carbons (Fsp3) is 0.176. The van der Waals surface area contributed by atoms with E-state index in [0.717, 1.165) is 15.7 Å². The van der Waals surface area contributed by atoms with Crippen LogP contribution in [0, 0.1) is 0 Å². The van der Waals surface area contributed by atoms with Crippen molar-refractivity contribution in [2.75, 3.05) is 0 Å². The molecular weight excluding hydrogens is 428 g/mol. The minimum atomic E-state index is -0.198. The zero-order valence-corrected chi connectivity index (χ0v) is 16.0. The molecule has 0 fully saturated rings. The summed E-state index contributed by atoms with van der Waals surface area (Å²) in [4.78, 5) is 31.5. The summed E-state index contributed by atoms with van der Waals surface area (Å²) in [6.45, 7) is 0.501. The summed E-state index contributed by atoms with van der Waals surface area (Å²) in [6.07, 6.45) is 0.0245. The van der Waals surface area contributed by atoms with Gasteiger partial charge in [0, 0.05) is 16.1 Å². The van der Waals surface area contributed by atoms with E-state index in [2.05, 4.69) is 46.6 Å². The van der Waals surface area contributed by atoms with Gasteiger partial charge in [-0.25, -0.2) is 9.50 Å². The van der Waals surface area contributed by atoms with Crippen LogP contribution in [0.25, 0.3) is 16.9 Å². The Morgan fingerprint density at radius 1 is 1.25 bits per heavy atom. The summed E-state index contributed by atoms with van der Waals surface area (Å²) in [5.74, 6) is 0.138. The quantitative estimate of drug-likeness (QED) is 0.490. The number of halogens is 1. The van der Waals surface area contributed by atoms with Crippen LogP contribution in [0.3, 0.4) is 0 Å². The molecule has 3 aromatic heterocycles. The first kappa shape index (κ1) is 16.8. The Kier molecular flexibility index (Phi) is 3.83. The SMILES string of the molecule is O=C(Cc1nn[nH]n1)N1Cc2nc3cc(-c4cccc(Br)c4)[nH]n3c(=O)c2C1. The van der Waals surface area contributed by atoms with E-state index in [9.17, 15) is 9.59 Å². The third-order valence-corrected chi connectivity index (χ3v) is 5.16. The molecule has 5 rings (SSSR count). The first-order valence-electron chi connectivity index (χ1n) is 8.48. The van der Waals surface area contributed by atoms with Crippen LogP contribution in [-0.2, 0) is 24.3 Å². The monoisotopic (exact) mass is 440 g/mol. The molecule has 0 bridgehead atoms. The number of hydrogen-bond donors (Lipinski definition) is 2. The fourth-order valence-electron chi connectivity index (χ4n) is 3.31. The summed E-state index contributed by atoms with van der Waals surface area (Å²) in [7, 11) is 0. The summed E-state index contributed by atoms with van der Waals surface area (Å²) >= 11 is 3.45. The van der Waals surface area contributed by atoms with Gasteiger partial charge in [-0.1, -0.05) is 33.3 Å². The van der Waals surface area contributed by atoms with Gasteiger partial charge in [0.15, 0.2) is 11.5 Å². The van der Waals surface area contributed by atoms with Crippen molar-refractivity contribution in [2.24, 2.45) is 0 Å². The van der Waals surface area contributed by atoms with Gasteiger partial charge in [0.05, 0.1) is 36.5 Å². The standard InChI is InChI=1S/C17H13BrN8O2/c18-10-3-1-2-9(4-10)12-5-15-19-13-8-25(7-11(13)17(28)26(15)22-12)16(27)6-14-20-23-24-21-14/h1-5,22H,6-8H2,(H,20,21,23,24). The first-order valence-corrected chi connectivity index (χ1v) is 9.27. The summed E-state index contributed by atoms with van der Waals surface area (Å²) in [5, 5.41) is 16.4. The molecule has 0 unspecified atom stereocenters. The number of carbonyl (C=O) groups is 1. The van der Waals surface area contributed by atoms with Crippen molar-refractivity contribution < 1.29 is 4.79 Å². The smallest absolute Gasteiger partial charge is 0.278 e. The van der Waals surface area contributed by atoms with Crippen LogP contribution < -0.4 is 5.56 Å². The number of fused-ring (bicyclic) bond motifs is 2. The van der Waals surface area contributed by atoms with E-state index in [1.54, 1.807) is 4.90 Å². The second-order valence-corrected chi connectivity index (χ2v) is 7.39. The maximum absolute atomic E-state index is 12.9. The van der Waals surface area contributed by atoms with Gasteiger partial charge in [-0.15, -0.1) is 10.2 Å². The predicted molar refractivity (Wildman–Crippen MR) is 101 cm³/mol. The lowest BCUT2D eigenvalue weighted by atomic mass is 10.2. The Balaban J connectivity index is 1.47. The van der Waals surface area contributed by atoms with Crippen LogP contribution >= 0.6 is 15.9 Å². The molecule has 2 N–H and O–H groups in total. The van der Waals surface area contributed by atoms with Gasteiger partial charge in [-0.05, 0) is 12.1 Å². The molecule has 0 saturated carbocycles. The second-order valence-electron chi connectivity index (χ2n) is 6.47. The van der Waals surface area contributed by atoms with Crippen LogP contribution in [0.5, 0.6) is 0 Å². The minimum absolute atomic E-state index is 0.0245. The van der Waals surface area contributed by atoms with E-state index in [1.165, 1.54) is 4.52 Å². The van der Waals surface area contributed by atoms with Gasteiger partial charge in [0.1, 0.15) is 0 Å². The molecule has 11 heteroatoms. The normalized spacial score (nSPS) is 13.2. The van der Waals surface area contributed by atoms with Crippen molar-refractivity contribution in [3.8, 4) is 11.3 Å². The number of H-pyrrole nitrogens is 2. The van der Waals surface area contributed by atoms with E-state index < -0.39 is 0 Å². The van der Waals surface area contributed by atoms with Crippen LogP contribution in [0.15, 0.2) is 39.6 Å². The van der Waals surface area contributed by atoms with Crippen molar-refractivity contribution in [3.63, 3.8) is 0 Å². The number of aromatic nitrogens is 7. The largest absolute Gasteiger partial charge is 0.332 e. The molecule has 10 nitrogen and oxygen atoms in total. The molecule has 4 aromatic rings. The number of nitrogens with zero attached hydrogens (tertiary/aromatic N) is 6. The number of carbonyl (C=O) groups excluding carboxylic acids is 1.